The summed E-state index contributed by atoms with van der Waals surface area (Å²) in [5.41, 5.74) is 2.48. The van der Waals surface area contributed by atoms with Gasteiger partial charge in [-0.2, -0.15) is 0 Å². The molecule has 18 heavy (non-hydrogen) atoms. The van der Waals surface area contributed by atoms with Gasteiger partial charge in [0.15, 0.2) is 0 Å². The first-order valence-electron chi connectivity index (χ1n) is 6.11. The van der Waals surface area contributed by atoms with Gasteiger partial charge in [-0.3, -0.25) is 4.79 Å². The first-order chi connectivity index (χ1) is 8.63. The molecule has 0 radical (unpaired) electrons. The highest BCUT2D eigenvalue weighted by molar-refractivity contribution is 5.95. The third-order valence-corrected chi connectivity index (χ3v) is 3.20. The van der Waals surface area contributed by atoms with E-state index in [4.69, 9.17) is 5.11 Å². The Kier molecular flexibility index (Phi) is 3.69. The van der Waals surface area contributed by atoms with Crippen LogP contribution in [0, 0.1) is 18.8 Å². The second-order valence-electron chi connectivity index (χ2n) is 4.64. The molecule has 0 spiro atoms. The van der Waals surface area contributed by atoms with Crippen molar-refractivity contribution < 1.29 is 9.90 Å². The fourth-order valence-corrected chi connectivity index (χ4v) is 1.86. The lowest BCUT2D eigenvalue weighted by molar-refractivity contribution is 0.0785. The Hall–Kier alpha value is -1.79. The van der Waals surface area contributed by atoms with Crippen LogP contribution in [-0.2, 0) is 0 Å². The monoisotopic (exact) mass is 243 g/mol. The molecule has 1 N–H and O–H groups in total. The minimum atomic E-state index is -0.167. The first-order valence-corrected chi connectivity index (χ1v) is 6.11. The van der Waals surface area contributed by atoms with Gasteiger partial charge in [-0.1, -0.05) is 17.9 Å². The highest BCUT2D eigenvalue weighted by atomic mass is 16.2. The van der Waals surface area contributed by atoms with Crippen molar-refractivity contribution in [3.63, 3.8) is 0 Å². The van der Waals surface area contributed by atoms with E-state index in [9.17, 15) is 4.79 Å². The predicted octanol–water partition coefficient (Wildman–Crippen LogP) is 1.57. The van der Waals surface area contributed by atoms with E-state index < -0.39 is 0 Å². The predicted molar refractivity (Wildman–Crippen MR) is 70.3 cm³/mol. The molecule has 0 aromatic heterocycles. The second-order valence-corrected chi connectivity index (χ2v) is 4.64. The quantitative estimate of drug-likeness (QED) is 0.801. The molecule has 0 atom stereocenters. The van der Waals surface area contributed by atoms with Gasteiger partial charge in [0, 0.05) is 24.2 Å². The number of nitrogens with zero attached hydrogens (tertiary/aromatic N) is 1. The van der Waals surface area contributed by atoms with Gasteiger partial charge >= 0.3 is 0 Å². The van der Waals surface area contributed by atoms with Crippen molar-refractivity contribution in [3.05, 3.63) is 34.9 Å². The summed E-state index contributed by atoms with van der Waals surface area (Å²) in [4.78, 5) is 14.0. The average molecular weight is 243 g/mol. The van der Waals surface area contributed by atoms with E-state index in [0.29, 0.717) is 11.6 Å². The molecule has 0 aliphatic heterocycles. The minimum absolute atomic E-state index is 0.0459. The van der Waals surface area contributed by atoms with Crippen molar-refractivity contribution in [1.82, 2.24) is 4.90 Å². The zero-order valence-corrected chi connectivity index (χ0v) is 10.7. The van der Waals surface area contributed by atoms with Crippen LogP contribution in [0.2, 0.25) is 0 Å². The number of aliphatic hydroxyl groups is 1. The molecular weight excluding hydrogens is 226 g/mol. The lowest BCUT2D eigenvalue weighted by Crippen LogP contribution is -2.28. The van der Waals surface area contributed by atoms with Gasteiger partial charge < -0.3 is 10.0 Å². The minimum Gasteiger partial charge on any atom is -0.384 e. The van der Waals surface area contributed by atoms with Crippen LogP contribution in [-0.4, -0.2) is 35.6 Å². The summed E-state index contributed by atoms with van der Waals surface area (Å²) in [6.45, 7) is 1.78. The zero-order chi connectivity index (χ0) is 13.1. The largest absolute Gasteiger partial charge is 0.384 e. The Morgan fingerprint density at radius 3 is 2.83 bits per heavy atom. The third kappa shape index (κ3) is 2.72. The maximum atomic E-state index is 12.2. The average Bonchev–Trinajstić information content (AvgIpc) is 3.20. The zero-order valence-electron chi connectivity index (χ0n) is 10.7. The summed E-state index contributed by atoms with van der Waals surface area (Å²) in [6.07, 6.45) is 2.20. The van der Waals surface area contributed by atoms with Gasteiger partial charge in [-0.05, 0) is 37.5 Å². The smallest absolute Gasteiger partial charge is 0.253 e. The van der Waals surface area contributed by atoms with E-state index in [1.165, 1.54) is 0 Å². The molecule has 1 aromatic carbocycles. The van der Waals surface area contributed by atoms with Crippen LogP contribution in [0.4, 0.5) is 0 Å². The van der Waals surface area contributed by atoms with Gasteiger partial charge in [-0.25, -0.2) is 0 Å². The van der Waals surface area contributed by atoms with Crippen LogP contribution < -0.4 is 0 Å². The van der Waals surface area contributed by atoms with Crippen LogP contribution in [0.25, 0.3) is 0 Å². The number of hydrogen-bond acceptors (Lipinski definition) is 2. The van der Waals surface area contributed by atoms with E-state index in [-0.39, 0.29) is 12.5 Å². The first kappa shape index (κ1) is 12.7. The van der Waals surface area contributed by atoms with E-state index in [0.717, 1.165) is 24.0 Å². The summed E-state index contributed by atoms with van der Waals surface area (Å²) >= 11 is 0. The number of aliphatic hydroxyl groups excluding tert-OH is 1. The number of benzene rings is 1. The maximum absolute atomic E-state index is 12.2. The lowest BCUT2D eigenvalue weighted by atomic mass is 10.0. The Bertz CT molecular complexity index is 521. The van der Waals surface area contributed by atoms with Crippen LogP contribution in [0.1, 0.15) is 34.3 Å². The van der Waals surface area contributed by atoms with Crippen LogP contribution in [0.3, 0.4) is 0 Å². The summed E-state index contributed by atoms with van der Waals surface area (Å²) < 4.78 is 0. The fraction of sp³-hybridized carbons (Fsp3) is 0.400. The van der Waals surface area contributed by atoms with Crippen molar-refractivity contribution in [1.29, 1.82) is 0 Å². The molecule has 0 unspecified atom stereocenters. The SMILES string of the molecule is Cc1ccc(C(=O)N(C)C2CC2)cc1C#CCO. The van der Waals surface area contributed by atoms with Crippen molar-refractivity contribution in [2.24, 2.45) is 0 Å². The standard InChI is InChI=1S/C15H17NO2/c1-11-5-6-13(10-12(11)4-3-9-17)15(18)16(2)14-7-8-14/h5-6,10,14,17H,7-9H2,1-2H3. The summed E-state index contributed by atoms with van der Waals surface area (Å²) in [6, 6.07) is 5.95. The van der Waals surface area contributed by atoms with Crippen LogP contribution in [0.15, 0.2) is 18.2 Å². The molecule has 1 saturated carbocycles. The Labute approximate surface area is 107 Å². The van der Waals surface area contributed by atoms with Gasteiger partial charge in [0.25, 0.3) is 5.91 Å². The highest BCUT2D eigenvalue weighted by Gasteiger charge is 2.30. The number of amides is 1. The molecule has 1 aromatic rings. The number of carbonyl (C=O) groups is 1. The van der Waals surface area contributed by atoms with E-state index >= 15 is 0 Å². The normalized spacial score (nSPS) is 13.7. The molecule has 1 aliphatic rings. The molecule has 0 saturated heterocycles. The summed E-state index contributed by atoms with van der Waals surface area (Å²) in [5, 5.41) is 8.72. The Morgan fingerprint density at radius 1 is 1.50 bits per heavy atom. The lowest BCUT2D eigenvalue weighted by Gasteiger charge is -2.16. The molecule has 3 nitrogen and oxygen atoms in total. The van der Waals surface area contributed by atoms with Gasteiger partial charge in [0.1, 0.15) is 6.61 Å². The molecular formula is C15H17NO2. The van der Waals surface area contributed by atoms with Crippen molar-refractivity contribution in [2.45, 2.75) is 25.8 Å². The molecule has 0 heterocycles. The molecule has 1 aliphatic carbocycles. The second kappa shape index (κ2) is 5.24. The van der Waals surface area contributed by atoms with E-state index in [2.05, 4.69) is 11.8 Å². The van der Waals surface area contributed by atoms with Crippen LogP contribution >= 0.6 is 0 Å². The summed E-state index contributed by atoms with van der Waals surface area (Å²) in [5.74, 6) is 5.53. The number of hydrogen-bond donors (Lipinski definition) is 1. The molecule has 0 bridgehead atoms. The molecule has 1 fully saturated rings. The van der Waals surface area contributed by atoms with Gasteiger partial charge in [0.05, 0.1) is 0 Å². The fourth-order valence-electron chi connectivity index (χ4n) is 1.86. The molecule has 1 amide bonds. The number of aryl methyl sites for hydroxylation is 1. The topological polar surface area (TPSA) is 40.5 Å². The molecule has 2 rings (SSSR count). The molecule has 3 heteroatoms. The molecule has 94 valence electrons. The Morgan fingerprint density at radius 2 is 2.22 bits per heavy atom. The third-order valence-electron chi connectivity index (χ3n) is 3.20. The maximum Gasteiger partial charge on any atom is 0.253 e. The Balaban J connectivity index is 2.25. The van der Waals surface area contributed by atoms with Crippen molar-refractivity contribution in [3.8, 4) is 11.8 Å². The van der Waals surface area contributed by atoms with E-state index in [1.54, 1.807) is 11.0 Å². The van der Waals surface area contributed by atoms with Crippen molar-refractivity contribution in [2.75, 3.05) is 13.7 Å². The number of carbonyl (C=O) groups excluding carboxylic acids is 1. The van der Waals surface area contributed by atoms with E-state index in [1.807, 2.05) is 26.1 Å². The number of rotatable bonds is 2. The van der Waals surface area contributed by atoms with Crippen LogP contribution in [0.5, 0.6) is 0 Å². The summed E-state index contributed by atoms with van der Waals surface area (Å²) in [7, 11) is 1.85. The highest BCUT2D eigenvalue weighted by Crippen LogP contribution is 2.26. The van der Waals surface area contributed by atoms with Gasteiger partial charge in [0.2, 0.25) is 0 Å². The van der Waals surface area contributed by atoms with Crippen molar-refractivity contribution >= 4 is 5.91 Å². The van der Waals surface area contributed by atoms with Gasteiger partial charge in [-0.15, -0.1) is 0 Å².